The first-order valence-electron chi connectivity index (χ1n) is 6.93. The first kappa shape index (κ1) is 16.8. The quantitative estimate of drug-likeness (QED) is 0.647. The molecule has 0 unspecified atom stereocenters. The molecule has 0 atom stereocenters. The predicted molar refractivity (Wildman–Crippen MR) is 92.4 cm³/mol. The van der Waals surface area contributed by atoms with Crippen LogP contribution < -0.4 is 5.32 Å². The van der Waals surface area contributed by atoms with Crippen LogP contribution in [0.15, 0.2) is 48.7 Å². The summed E-state index contributed by atoms with van der Waals surface area (Å²) in [5.41, 5.74) is 3.06. The minimum absolute atomic E-state index is 0. The molecule has 0 saturated carbocycles. The lowest BCUT2D eigenvalue weighted by Gasteiger charge is -2.06. The maximum atomic E-state index is 13.6. The zero-order chi connectivity index (χ0) is 14.7. The number of fused-ring (bicyclic) bond motifs is 1. The van der Waals surface area contributed by atoms with Gasteiger partial charge >= 0.3 is 0 Å². The van der Waals surface area contributed by atoms with Crippen LogP contribution in [0.4, 0.5) is 4.39 Å². The number of H-pyrrole nitrogens is 1. The van der Waals surface area contributed by atoms with Crippen molar-refractivity contribution in [2.75, 3.05) is 6.54 Å². The Morgan fingerprint density at radius 1 is 1.09 bits per heavy atom. The number of para-hydroxylation sites is 1. The van der Waals surface area contributed by atoms with Gasteiger partial charge in [0.1, 0.15) is 5.82 Å². The van der Waals surface area contributed by atoms with E-state index >= 15 is 0 Å². The number of hydrogen-bond donors (Lipinski definition) is 2. The maximum Gasteiger partial charge on any atom is 0.129 e. The summed E-state index contributed by atoms with van der Waals surface area (Å²) in [6.07, 6.45) is 2.94. The molecule has 1 aromatic heterocycles. The number of aromatic amines is 1. The van der Waals surface area contributed by atoms with E-state index < -0.39 is 0 Å². The van der Waals surface area contributed by atoms with Gasteiger partial charge in [-0.25, -0.2) is 4.39 Å². The minimum atomic E-state index is -0.262. The molecule has 0 amide bonds. The number of halogens is 3. The van der Waals surface area contributed by atoms with Gasteiger partial charge in [-0.2, -0.15) is 0 Å². The van der Waals surface area contributed by atoms with Gasteiger partial charge in [0.2, 0.25) is 0 Å². The van der Waals surface area contributed by atoms with E-state index in [4.69, 9.17) is 11.6 Å². The van der Waals surface area contributed by atoms with Crippen molar-refractivity contribution in [3.63, 3.8) is 0 Å². The lowest BCUT2D eigenvalue weighted by molar-refractivity contribution is 0.588. The Morgan fingerprint density at radius 3 is 2.73 bits per heavy atom. The van der Waals surface area contributed by atoms with Gasteiger partial charge in [-0.05, 0) is 36.7 Å². The molecule has 0 saturated heterocycles. The van der Waals surface area contributed by atoms with Crippen LogP contribution in [0.1, 0.15) is 11.1 Å². The topological polar surface area (TPSA) is 27.8 Å². The van der Waals surface area contributed by atoms with Crippen LogP contribution in [0.3, 0.4) is 0 Å². The SMILES string of the molecule is Cl.Fc1cc(Cl)ccc1CNCCc1c[nH]c2ccccc12. The first-order chi connectivity index (χ1) is 10.2. The molecule has 0 spiro atoms. The van der Waals surface area contributed by atoms with Crippen LogP contribution in [0.25, 0.3) is 10.9 Å². The van der Waals surface area contributed by atoms with Gasteiger partial charge < -0.3 is 10.3 Å². The van der Waals surface area contributed by atoms with Gasteiger partial charge in [0.05, 0.1) is 0 Å². The summed E-state index contributed by atoms with van der Waals surface area (Å²) in [6.45, 7) is 1.30. The molecule has 0 aliphatic heterocycles. The summed E-state index contributed by atoms with van der Waals surface area (Å²) in [5, 5.41) is 4.94. The molecule has 2 N–H and O–H groups in total. The second kappa shape index (κ2) is 7.63. The smallest absolute Gasteiger partial charge is 0.129 e. The highest BCUT2D eigenvalue weighted by Crippen LogP contribution is 2.18. The van der Waals surface area contributed by atoms with E-state index in [-0.39, 0.29) is 18.2 Å². The van der Waals surface area contributed by atoms with Crippen LogP contribution in [0, 0.1) is 5.82 Å². The molecule has 3 rings (SSSR count). The normalized spacial score (nSPS) is 10.6. The first-order valence-corrected chi connectivity index (χ1v) is 7.31. The fraction of sp³-hybridized carbons (Fsp3) is 0.176. The number of benzene rings is 2. The van der Waals surface area contributed by atoms with E-state index in [1.165, 1.54) is 17.0 Å². The second-order valence-electron chi connectivity index (χ2n) is 5.02. The molecule has 0 bridgehead atoms. The fourth-order valence-electron chi connectivity index (χ4n) is 2.45. The highest BCUT2D eigenvalue weighted by molar-refractivity contribution is 6.30. The molecule has 1 heterocycles. The summed E-state index contributed by atoms with van der Waals surface area (Å²) < 4.78 is 13.6. The standard InChI is InChI=1S/C17H16ClFN2.ClH/c18-14-6-5-13(16(19)9-14)10-20-8-7-12-11-21-17-4-2-1-3-15(12)17;/h1-6,9,11,20-21H,7-8,10H2;1H. The van der Waals surface area contributed by atoms with Crippen LogP contribution in [0.2, 0.25) is 5.02 Å². The summed E-state index contributed by atoms with van der Waals surface area (Å²) in [5.74, 6) is -0.262. The maximum absolute atomic E-state index is 13.6. The molecule has 2 aromatic carbocycles. The van der Waals surface area contributed by atoms with Crippen LogP contribution in [-0.2, 0) is 13.0 Å². The third kappa shape index (κ3) is 3.80. The predicted octanol–water partition coefficient (Wildman–Crippen LogP) is 4.71. The largest absolute Gasteiger partial charge is 0.361 e. The molecule has 5 heteroatoms. The molecule has 22 heavy (non-hydrogen) atoms. The highest BCUT2D eigenvalue weighted by Gasteiger charge is 2.04. The second-order valence-corrected chi connectivity index (χ2v) is 5.46. The van der Waals surface area contributed by atoms with Crippen molar-refractivity contribution < 1.29 is 4.39 Å². The lowest BCUT2D eigenvalue weighted by atomic mass is 10.1. The van der Waals surface area contributed by atoms with Gasteiger partial charge in [-0.15, -0.1) is 12.4 Å². The molecule has 0 radical (unpaired) electrons. The van der Waals surface area contributed by atoms with E-state index in [0.717, 1.165) is 18.5 Å². The summed E-state index contributed by atoms with van der Waals surface area (Å²) in [6, 6.07) is 13.0. The third-order valence-electron chi connectivity index (χ3n) is 3.58. The minimum Gasteiger partial charge on any atom is -0.361 e. The number of aromatic nitrogens is 1. The molecular formula is C17H17Cl2FN2. The van der Waals surface area contributed by atoms with E-state index in [0.29, 0.717) is 17.1 Å². The Morgan fingerprint density at radius 2 is 1.91 bits per heavy atom. The van der Waals surface area contributed by atoms with Crippen molar-refractivity contribution in [2.24, 2.45) is 0 Å². The van der Waals surface area contributed by atoms with Crippen molar-refractivity contribution in [2.45, 2.75) is 13.0 Å². The van der Waals surface area contributed by atoms with Gasteiger partial charge in [0.15, 0.2) is 0 Å². The van der Waals surface area contributed by atoms with Crippen LogP contribution >= 0.6 is 24.0 Å². The van der Waals surface area contributed by atoms with Crippen molar-refractivity contribution in [1.29, 1.82) is 0 Å². The van der Waals surface area contributed by atoms with Crippen molar-refractivity contribution in [3.8, 4) is 0 Å². The molecule has 2 nitrogen and oxygen atoms in total. The van der Waals surface area contributed by atoms with Gasteiger partial charge in [0, 0.05) is 34.2 Å². The Balaban J connectivity index is 0.00000176. The van der Waals surface area contributed by atoms with Gasteiger partial charge in [-0.3, -0.25) is 0 Å². The van der Waals surface area contributed by atoms with E-state index in [9.17, 15) is 4.39 Å². The Bertz CT molecular complexity index is 755. The Labute approximate surface area is 140 Å². The highest BCUT2D eigenvalue weighted by atomic mass is 35.5. The Hall–Kier alpha value is -1.55. The zero-order valence-electron chi connectivity index (χ0n) is 11.9. The van der Waals surface area contributed by atoms with E-state index in [1.807, 2.05) is 18.3 Å². The average molecular weight is 339 g/mol. The summed E-state index contributed by atoms with van der Waals surface area (Å²) in [7, 11) is 0. The summed E-state index contributed by atoms with van der Waals surface area (Å²) in [4.78, 5) is 3.26. The monoisotopic (exact) mass is 338 g/mol. The average Bonchev–Trinajstić information content (AvgIpc) is 2.89. The van der Waals surface area contributed by atoms with Crippen LogP contribution in [0.5, 0.6) is 0 Å². The van der Waals surface area contributed by atoms with Gasteiger partial charge in [0.25, 0.3) is 0 Å². The molecule has 0 aliphatic rings. The van der Waals surface area contributed by atoms with Crippen molar-refractivity contribution in [1.82, 2.24) is 10.3 Å². The zero-order valence-corrected chi connectivity index (χ0v) is 13.5. The van der Waals surface area contributed by atoms with Crippen LogP contribution in [-0.4, -0.2) is 11.5 Å². The summed E-state index contributed by atoms with van der Waals surface area (Å²) >= 11 is 5.74. The third-order valence-corrected chi connectivity index (χ3v) is 3.81. The van der Waals surface area contributed by atoms with E-state index in [1.54, 1.807) is 12.1 Å². The molecule has 3 aromatic rings. The Kier molecular flexibility index (Phi) is 5.83. The molecule has 116 valence electrons. The van der Waals surface area contributed by atoms with Crippen molar-refractivity contribution in [3.05, 3.63) is 70.6 Å². The number of rotatable bonds is 5. The van der Waals surface area contributed by atoms with Crippen molar-refractivity contribution >= 4 is 34.9 Å². The lowest BCUT2D eigenvalue weighted by Crippen LogP contribution is -2.17. The number of hydrogen-bond acceptors (Lipinski definition) is 1. The fourth-order valence-corrected chi connectivity index (χ4v) is 2.61. The number of nitrogens with one attached hydrogen (secondary N) is 2. The molecular weight excluding hydrogens is 322 g/mol. The van der Waals surface area contributed by atoms with Gasteiger partial charge in [-0.1, -0.05) is 35.9 Å². The molecule has 0 aliphatic carbocycles. The van der Waals surface area contributed by atoms with E-state index in [2.05, 4.69) is 22.4 Å². The molecule has 0 fully saturated rings.